The average Bonchev–Trinajstić information content (AvgIpc) is 2.23. The minimum Gasteiger partial charge on any atom is -0.466 e. The van der Waals surface area contributed by atoms with Crippen molar-refractivity contribution in [2.24, 2.45) is 10.8 Å². The Labute approximate surface area is 119 Å². The first-order valence-corrected chi connectivity index (χ1v) is 6.80. The number of hydrogen-bond donors (Lipinski definition) is 2. The highest BCUT2D eigenvalue weighted by Gasteiger charge is 2.71. The molecule has 20 heavy (non-hydrogen) atoms. The number of nitrogens with zero attached hydrogens (tertiary/aromatic N) is 1. The molecule has 0 aromatic rings. The standard InChI is InChI=1S/C14H25NO5/c1-7-20-10(17)13(5,6)14(12(2,3)4)9(16)8-15(14)11(18)19/h9,16H,7-8H2,1-6H3,(H,18,19). The topological polar surface area (TPSA) is 87.1 Å². The van der Waals surface area contributed by atoms with Crippen molar-refractivity contribution in [2.45, 2.75) is 53.2 Å². The zero-order chi connectivity index (χ0) is 15.9. The Hall–Kier alpha value is -1.30. The maximum Gasteiger partial charge on any atom is 0.407 e. The summed E-state index contributed by atoms with van der Waals surface area (Å²) in [7, 11) is 0. The van der Waals surface area contributed by atoms with Crippen molar-refractivity contribution in [1.29, 1.82) is 0 Å². The minimum absolute atomic E-state index is 0.00936. The van der Waals surface area contributed by atoms with Gasteiger partial charge in [0.15, 0.2) is 0 Å². The van der Waals surface area contributed by atoms with E-state index < -0.39 is 34.5 Å². The molecule has 1 saturated heterocycles. The van der Waals surface area contributed by atoms with E-state index in [1.807, 2.05) is 20.8 Å². The van der Waals surface area contributed by atoms with Crippen molar-refractivity contribution < 1.29 is 24.5 Å². The summed E-state index contributed by atoms with van der Waals surface area (Å²) < 4.78 is 5.09. The Bertz CT molecular complexity index is 412. The zero-order valence-corrected chi connectivity index (χ0v) is 13.1. The molecule has 0 aromatic carbocycles. The second kappa shape index (κ2) is 4.91. The molecule has 6 heteroatoms. The Balaban J connectivity index is 3.40. The summed E-state index contributed by atoms with van der Waals surface area (Å²) in [5.74, 6) is -0.500. The smallest absolute Gasteiger partial charge is 0.407 e. The van der Waals surface area contributed by atoms with Gasteiger partial charge in [-0.2, -0.15) is 0 Å². The van der Waals surface area contributed by atoms with Gasteiger partial charge in [0.1, 0.15) is 0 Å². The van der Waals surface area contributed by atoms with Gasteiger partial charge in [-0.25, -0.2) is 4.79 Å². The van der Waals surface area contributed by atoms with Crippen molar-refractivity contribution in [2.75, 3.05) is 13.2 Å². The summed E-state index contributed by atoms with van der Waals surface area (Å²) in [6, 6.07) is 0. The van der Waals surface area contributed by atoms with E-state index in [1.54, 1.807) is 20.8 Å². The summed E-state index contributed by atoms with van der Waals surface area (Å²) in [6.07, 6.45) is -2.04. The Kier molecular flexibility index (Phi) is 4.11. The summed E-state index contributed by atoms with van der Waals surface area (Å²) in [5, 5.41) is 19.7. The summed E-state index contributed by atoms with van der Waals surface area (Å²) >= 11 is 0. The van der Waals surface area contributed by atoms with Gasteiger partial charge in [-0.1, -0.05) is 20.8 Å². The lowest BCUT2D eigenvalue weighted by Crippen LogP contribution is -2.83. The molecule has 116 valence electrons. The van der Waals surface area contributed by atoms with Crippen LogP contribution in [0.4, 0.5) is 4.79 Å². The Morgan fingerprint density at radius 2 is 1.80 bits per heavy atom. The van der Waals surface area contributed by atoms with Gasteiger partial charge in [0, 0.05) is 0 Å². The number of rotatable bonds is 3. The van der Waals surface area contributed by atoms with Crippen LogP contribution in [-0.4, -0.2) is 52.0 Å². The molecule has 2 N–H and O–H groups in total. The molecule has 0 spiro atoms. The second-order valence-corrected chi connectivity index (χ2v) is 6.77. The van der Waals surface area contributed by atoms with E-state index in [4.69, 9.17) is 4.74 Å². The number of hydrogen-bond acceptors (Lipinski definition) is 4. The summed E-state index contributed by atoms with van der Waals surface area (Å²) in [6.45, 7) is 10.7. The lowest BCUT2D eigenvalue weighted by Gasteiger charge is -2.66. The lowest BCUT2D eigenvalue weighted by atomic mass is 9.52. The van der Waals surface area contributed by atoms with E-state index in [9.17, 15) is 19.8 Å². The molecule has 2 atom stereocenters. The number of ether oxygens (including phenoxy) is 1. The number of β-amino-alcohol motifs (C(OH)–C–C–N with tert-alkyl or cyclic N) is 1. The number of likely N-dealkylation sites (tertiary alicyclic amines) is 1. The molecular formula is C14H25NO5. The van der Waals surface area contributed by atoms with Crippen molar-refractivity contribution in [1.82, 2.24) is 4.90 Å². The molecule has 0 aliphatic carbocycles. The highest BCUT2D eigenvalue weighted by atomic mass is 16.5. The highest BCUT2D eigenvalue weighted by molar-refractivity contribution is 5.81. The molecule has 0 radical (unpaired) electrons. The molecule has 2 unspecified atom stereocenters. The minimum atomic E-state index is -1.21. The van der Waals surface area contributed by atoms with Crippen LogP contribution in [0.15, 0.2) is 0 Å². The molecule has 0 bridgehead atoms. The molecule has 1 aliphatic rings. The number of aliphatic hydroxyl groups is 1. The molecule has 0 saturated carbocycles. The second-order valence-electron chi connectivity index (χ2n) is 6.77. The van der Waals surface area contributed by atoms with E-state index in [2.05, 4.69) is 0 Å². The third-order valence-electron chi connectivity index (χ3n) is 4.38. The molecule has 1 rings (SSSR count). The molecule has 0 aromatic heterocycles. The van der Waals surface area contributed by atoms with E-state index in [-0.39, 0.29) is 13.2 Å². The van der Waals surface area contributed by atoms with Crippen LogP contribution in [0.1, 0.15) is 41.5 Å². The monoisotopic (exact) mass is 287 g/mol. The van der Waals surface area contributed by atoms with Gasteiger partial charge in [-0.15, -0.1) is 0 Å². The van der Waals surface area contributed by atoms with E-state index in [0.717, 1.165) is 4.90 Å². The lowest BCUT2D eigenvalue weighted by molar-refractivity contribution is -0.232. The Morgan fingerprint density at radius 1 is 1.30 bits per heavy atom. The van der Waals surface area contributed by atoms with Crippen molar-refractivity contribution in [3.8, 4) is 0 Å². The van der Waals surface area contributed by atoms with Gasteiger partial charge >= 0.3 is 12.1 Å². The van der Waals surface area contributed by atoms with Crippen LogP contribution in [0, 0.1) is 10.8 Å². The third-order valence-corrected chi connectivity index (χ3v) is 4.38. The molecule has 1 heterocycles. The van der Waals surface area contributed by atoms with Gasteiger partial charge in [-0.05, 0) is 26.2 Å². The first kappa shape index (κ1) is 16.8. The van der Waals surface area contributed by atoms with Crippen LogP contribution in [0.5, 0.6) is 0 Å². The van der Waals surface area contributed by atoms with Crippen LogP contribution in [0.3, 0.4) is 0 Å². The molecule has 1 fully saturated rings. The first-order chi connectivity index (χ1) is 8.94. The maximum atomic E-state index is 12.3. The van der Waals surface area contributed by atoms with Crippen molar-refractivity contribution in [3.63, 3.8) is 0 Å². The number of carbonyl (C=O) groups is 2. The number of esters is 1. The number of amides is 1. The summed E-state index contributed by atoms with van der Waals surface area (Å²) in [5.41, 5.74) is -2.99. The predicted molar refractivity (Wildman–Crippen MR) is 73.3 cm³/mol. The van der Waals surface area contributed by atoms with E-state index in [0.29, 0.717) is 0 Å². The fourth-order valence-corrected chi connectivity index (χ4v) is 3.81. The molecular weight excluding hydrogens is 262 g/mol. The quantitative estimate of drug-likeness (QED) is 0.772. The molecule has 1 amide bonds. The Morgan fingerprint density at radius 3 is 2.10 bits per heavy atom. The van der Waals surface area contributed by atoms with Crippen LogP contribution in [0.25, 0.3) is 0 Å². The highest BCUT2D eigenvalue weighted by Crippen LogP contribution is 2.56. The van der Waals surface area contributed by atoms with Gasteiger partial charge in [0.25, 0.3) is 0 Å². The van der Waals surface area contributed by atoms with Gasteiger partial charge < -0.3 is 14.9 Å². The van der Waals surface area contributed by atoms with Crippen molar-refractivity contribution in [3.05, 3.63) is 0 Å². The fraction of sp³-hybridized carbons (Fsp3) is 0.857. The number of aliphatic hydroxyl groups excluding tert-OH is 1. The largest absolute Gasteiger partial charge is 0.466 e. The SMILES string of the molecule is CCOC(=O)C(C)(C)C1(C(C)(C)C)C(O)CN1C(=O)O. The van der Waals surface area contributed by atoms with Crippen LogP contribution in [0.2, 0.25) is 0 Å². The van der Waals surface area contributed by atoms with Gasteiger partial charge in [0.2, 0.25) is 0 Å². The zero-order valence-electron chi connectivity index (χ0n) is 13.1. The van der Waals surface area contributed by atoms with E-state index >= 15 is 0 Å². The average molecular weight is 287 g/mol. The summed E-state index contributed by atoms with van der Waals surface area (Å²) in [4.78, 5) is 25.0. The fourth-order valence-electron chi connectivity index (χ4n) is 3.81. The third kappa shape index (κ3) is 1.97. The predicted octanol–water partition coefficient (Wildman–Crippen LogP) is 1.72. The van der Waals surface area contributed by atoms with Gasteiger partial charge in [-0.3, -0.25) is 9.69 Å². The normalized spacial score (nSPS) is 26.9. The van der Waals surface area contributed by atoms with Crippen LogP contribution in [-0.2, 0) is 9.53 Å². The molecule has 1 aliphatic heterocycles. The number of carboxylic acid groups (broad SMARTS) is 1. The number of carbonyl (C=O) groups excluding carboxylic acids is 1. The van der Waals surface area contributed by atoms with E-state index in [1.165, 1.54) is 0 Å². The molecule has 6 nitrogen and oxygen atoms in total. The first-order valence-electron chi connectivity index (χ1n) is 6.80. The maximum absolute atomic E-state index is 12.3. The van der Waals surface area contributed by atoms with Crippen LogP contribution < -0.4 is 0 Å². The van der Waals surface area contributed by atoms with Crippen molar-refractivity contribution >= 4 is 12.1 Å². The van der Waals surface area contributed by atoms with Gasteiger partial charge in [0.05, 0.1) is 30.2 Å². The van der Waals surface area contributed by atoms with Crippen LogP contribution >= 0.6 is 0 Å².